The summed E-state index contributed by atoms with van der Waals surface area (Å²) < 4.78 is 16.9. The number of piperidine rings is 2. The normalized spacial score (nSPS) is 19.0. The molecule has 6 rings (SSSR count). The third kappa shape index (κ3) is 12.3. The van der Waals surface area contributed by atoms with Crippen molar-refractivity contribution >= 4 is 45.8 Å². The summed E-state index contributed by atoms with van der Waals surface area (Å²) in [6.45, 7) is 21.7. The third-order valence-electron chi connectivity index (χ3n) is 13.7. The van der Waals surface area contributed by atoms with E-state index in [4.69, 9.17) is 25.8 Å². The molecule has 2 aromatic heterocycles. The second-order valence-corrected chi connectivity index (χ2v) is 19.5. The lowest BCUT2D eigenvalue weighted by Gasteiger charge is -2.41. The summed E-state index contributed by atoms with van der Waals surface area (Å²) in [5.74, 6) is -0.629. The summed E-state index contributed by atoms with van der Waals surface area (Å²) in [5.41, 5.74) is 4.85. The summed E-state index contributed by atoms with van der Waals surface area (Å²) in [6, 6.07) is 7.92. The Balaban J connectivity index is 0.000000249. The smallest absolute Gasteiger partial charge is 0.312 e. The fraction of sp³-hybridized carbons (Fsp3) is 0.600. The number of aromatic nitrogens is 2. The van der Waals surface area contributed by atoms with E-state index >= 15 is 0 Å². The van der Waals surface area contributed by atoms with Crippen molar-refractivity contribution in [3.8, 4) is 12.1 Å². The number of aliphatic hydroxyl groups excluding tert-OH is 1. The predicted molar refractivity (Wildman–Crippen MR) is 248 cm³/mol. The van der Waals surface area contributed by atoms with Gasteiger partial charge in [-0.15, -0.1) is 0 Å². The Labute approximate surface area is 390 Å². The highest BCUT2D eigenvalue weighted by atomic mass is 35.5. The first-order valence-corrected chi connectivity index (χ1v) is 22.8. The van der Waals surface area contributed by atoms with Crippen LogP contribution < -0.4 is 0 Å². The van der Waals surface area contributed by atoms with Gasteiger partial charge in [-0.3, -0.25) is 29.1 Å². The van der Waals surface area contributed by atoms with E-state index in [1.807, 2.05) is 53.7 Å². The van der Waals surface area contributed by atoms with Crippen LogP contribution >= 0.6 is 11.6 Å². The number of hydrogen-bond acceptors (Lipinski definition) is 14. The van der Waals surface area contributed by atoms with Crippen LogP contribution in [0.4, 0.5) is 0 Å². The lowest BCUT2D eigenvalue weighted by Crippen LogP contribution is -2.43. The van der Waals surface area contributed by atoms with Gasteiger partial charge in [0.05, 0.1) is 45.5 Å². The van der Waals surface area contributed by atoms with Gasteiger partial charge in [-0.1, -0.05) is 27.7 Å². The topological polar surface area (TPSA) is 196 Å². The molecule has 2 aromatic rings. The fourth-order valence-corrected chi connectivity index (χ4v) is 7.73. The molecule has 1 N–H and O–H groups in total. The van der Waals surface area contributed by atoms with E-state index < -0.39 is 17.6 Å². The first-order valence-electron chi connectivity index (χ1n) is 22.5. The molecule has 2 aliphatic heterocycles. The van der Waals surface area contributed by atoms with Crippen molar-refractivity contribution in [2.45, 2.75) is 144 Å². The Hall–Kier alpha value is -4.99. The Morgan fingerprint density at radius 3 is 1.48 bits per heavy atom. The van der Waals surface area contributed by atoms with E-state index in [0.29, 0.717) is 55.4 Å². The van der Waals surface area contributed by atoms with Crippen LogP contribution in [0.25, 0.3) is 11.4 Å². The lowest BCUT2D eigenvalue weighted by atomic mass is 9.86. The molecule has 14 nitrogen and oxygen atoms in total. The molecule has 0 bridgehead atoms. The molecule has 15 heteroatoms. The number of ketones is 2. The number of ether oxygens (including phenoxy) is 3. The molecule has 4 aliphatic rings. The number of carbonyl (C=O) groups excluding carboxylic acids is 4. The van der Waals surface area contributed by atoms with Crippen LogP contribution in [-0.4, -0.2) is 99.3 Å². The largest absolute Gasteiger partial charge is 0.456 e. The van der Waals surface area contributed by atoms with Gasteiger partial charge in [0.25, 0.3) is 0 Å². The fourth-order valence-electron chi connectivity index (χ4n) is 7.60. The number of pyridine rings is 2. The van der Waals surface area contributed by atoms with Gasteiger partial charge in [-0.25, -0.2) is 0 Å². The average Bonchev–Trinajstić information content (AvgIpc) is 3.28. The van der Waals surface area contributed by atoms with Gasteiger partial charge < -0.3 is 29.1 Å². The van der Waals surface area contributed by atoms with E-state index in [9.17, 15) is 34.8 Å². The molecule has 0 saturated carbocycles. The molecule has 2 fully saturated rings. The van der Waals surface area contributed by atoms with Gasteiger partial charge in [-0.05, 0) is 115 Å². The molecular formula is C50H67ClN6O8. The van der Waals surface area contributed by atoms with Crippen molar-refractivity contribution in [1.29, 1.82) is 10.5 Å². The van der Waals surface area contributed by atoms with Gasteiger partial charge >= 0.3 is 5.97 Å². The molecule has 0 amide bonds. The summed E-state index contributed by atoms with van der Waals surface area (Å²) >= 11 is 5.23. The number of halogens is 1. The molecule has 0 aromatic carbocycles. The van der Waals surface area contributed by atoms with Crippen molar-refractivity contribution in [3.05, 3.63) is 69.3 Å². The van der Waals surface area contributed by atoms with E-state index in [0.717, 1.165) is 54.4 Å². The highest BCUT2D eigenvalue weighted by molar-refractivity contribution is 6.64. The molecule has 65 heavy (non-hydrogen) atoms. The number of aliphatic hydroxyl groups is 1. The number of likely N-dealkylation sites (tertiary alicyclic amines) is 2. The predicted octanol–water partition coefficient (Wildman–Crippen LogP) is 8.17. The second kappa shape index (κ2) is 21.5. The Kier molecular flexibility index (Phi) is 17.4. The maximum absolute atomic E-state index is 12.7. The number of allylic oxidation sites excluding steroid dienone is 2. The molecule has 2 aliphatic carbocycles. The first kappa shape index (κ1) is 52.6. The summed E-state index contributed by atoms with van der Waals surface area (Å²) in [5, 5.41) is 29.0. The van der Waals surface area contributed by atoms with Crippen molar-refractivity contribution in [1.82, 2.24) is 19.8 Å². The number of fused-ring (bicyclic) bond motifs is 2. The molecule has 4 heterocycles. The third-order valence-corrected chi connectivity index (χ3v) is 14.2. The monoisotopic (exact) mass is 914 g/mol. The Morgan fingerprint density at radius 2 is 1.15 bits per heavy atom. The minimum Gasteiger partial charge on any atom is -0.456 e. The van der Waals surface area contributed by atoms with Crippen LogP contribution in [0.1, 0.15) is 154 Å². The number of Topliss-reactive ketones (excluding diaryl/α,β-unsaturated/α-hetero) is 2. The number of esters is 1. The molecule has 0 radical (unpaired) electrons. The standard InChI is InChI=1S/C25H33N3O4.C19H23N3O3.C6H11ClO/c1-7-24(3,4)23(30)32-16(2)20-13-18-17(15-27-20)12-21(29)19(14-26)22(18)28-10-8-25(5,31-6)9-11-28;1-12(23)16-9-14-13(11-21-16)8-17(24)15(10-20)18(14)22-6-4-19(2,25-3)5-7-22;1-4-6(2,3)5(7)8/h13,15-16H,7-12H2,1-6H3;9,11-12,23H,4-8H2,1-3H3;4H2,1-3H3. The van der Waals surface area contributed by atoms with E-state index in [2.05, 4.69) is 45.8 Å². The zero-order valence-corrected chi connectivity index (χ0v) is 41.1. The Bertz CT molecular complexity index is 2270. The van der Waals surface area contributed by atoms with Crippen molar-refractivity contribution in [2.75, 3.05) is 40.4 Å². The van der Waals surface area contributed by atoms with Crippen molar-refractivity contribution in [3.63, 3.8) is 0 Å². The molecule has 2 atom stereocenters. The van der Waals surface area contributed by atoms with Gasteiger partial charge in [0.15, 0.2) is 11.6 Å². The maximum atomic E-state index is 12.7. The zero-order valence-electron chi connectivity index (χ0n) is 40.3. The summed E-state index contributed by atoms with van der Waals surface area (Å²) in [7, 11) is 3.44. The first-order chi connectivity index (χ1) is 30.4. The number of carbonyl (C=O) groups is 4. The van der Waals surface area contributed by atoms with E-state index in [1.165, 1.54) is 0 Å². The number of nitrogens with zero attached hydrogens (tertiary/aromatic N) is 6. The SMILES string of the molecule is CCC(C)(C)C(=O)Cl.CCC(C)(C)C(=O)OC(C)c1cc2c(cn1)CC(=O)C(C#N)=C2N1CCC(C)(OC)CC1.COC1(C)CCN(C2=C(C#N)C(=O)Cc3cnc(C(C)O)cc32)CC1. The summed E-state index contributed by atoms with van der Waals surface area (Å²) in [4.78, 5) is 61.1. The van der Waals surface area contributed by atoms with Crippen LogP contribution in [0.2, 0.25) is 0 Å². The van der Waals surface area contributed by atoms with Gasteiger partial charge in [0.2, 0.25) is 5.24 Å². The molecule has 352 valence electrons. The zero-order chi connectivity index (χ0) is 48.7. The number of hydrogen-bond donors (Lipinski definition) is 1. The highest BCUT2D eigenvalue weighted by Gasteiger charge is 2.38. The minimum atomic E-state index is -0.701. The van der Waals surface area contributed by atoms with Gasteiger partial charge in [0.1, 0.15) is 29.4 Å². The van der Waals surface area contributed by atoms with Crippen LogP contribution in [0.5, 0.6) is 0 Å². The van der Waals surface area contributed by atoms with Crippen LogP contribution in [0.15, 0.2) is 35.7 Å². The van der Waals surface area contributed by atoms with Crippen LogP contribution in [0, 0.1) is 33.5 Å². The van der Waals surface area contributed by atoms with E-state index in [-0.39, 0.29) is 63.4 Å². The average molecular weight is 916 g/mol. The van der Waals surface area contributed by atoms with Crippen LogP contribution in [0.3, 0.4) is 0 Å². The minimum absolute atomic E-state index is 0.148. The summed E-state index contributed by atoms with van der Waals surface area (Å²) in [6.07, 6.45) is 7.12. The Morgan fingerprint density at radius 1 is 0.769 bits per heavy atom. The van der Waals surface area contributed by atoms with Gasteiger partial charge in [0, 0.05) is 82.2 Å². The number of nitriles is 2. The highest BCUT2D eigenvalue weighted by Crippen LogP contribution is 2.39. The van der Waals surface area contributed by atoms with Gasteiger partial charge in [-0.2, -0.15) is 10.5 Å². The molecule has 2 unspecified atom stereocenters. The lowest BCUT2D eigenvalue weighted by molar-refractivity contribution is -0.159. The van der Waals surface area contributed by atoms with Crippen LogP contribution in [-0.2, 0) is 46.2 Å². The molecule has 0 spiro atoms. The van der Waals surface area contributed by atoms with E-state index in [1.54, 1.807) is 40.5 Å². The van der Waals surface area contributed by atoms with Crippen molar-refractivity contribution in [2.24, 2.45) is 10.8 Å². The second-order valence-electron chi connectivity index (χ2n) is 19.2. The quantitative estimate of drug-likeness (QED) is 0.167. The number of rotatable bonds is 11. The maximum Gasteiger partial charge on any atom is 0.312 e. The molecular weight excluding hydrogens is 848 g/mol. The van der Waals surface area contributed by atoms with Crippen molar-refractivity contribution < 1.29 is 38.5 Å². The number of methoxy groups -OCH3 is 2. The molecule has 2 saturated heterocycles.